The summed E-state index contributed by atoms with van der Waals surface area (Å²) < 4.78 is 6.33. The highest BCUT2D eigenvalue weighted by Crippen LogP contribution is 2.52. The quantitative estimate of drug-likeness (QED) is 0.412. The number of hydrogen-bond acceptors (Lipinski definition) is 5. The molecule has 2 aliphatic rings. The first-order valence-electron chi connectivity index (χ1n) is 10.7. The molecule has 0 amide bonds. The molecule has 7 heteroatoms. The molecule has 0 saturated heterocycles. The molecular formula is C26H21N3O4. The Morgan fingerprint density at radius 2 is 1.88 bits per heavy atom. The van der Waals surface area contributed by atoms with E-state index < -0.39 is 10.8 Å². The van der Waals surface area contributed by atoms with Gasteiger partial charge in [-0.2, -0.15) is 5.26 Å². The van der Waals surface area contributed by atoms with Gasteiger partial charge in [0.15, 0.2) is 11.5 Å². The highest BCUT2D eigenvalue weighted by atomic mass is 16.6. The lowest BCUT2D eigenvalue weighted by Crippen LogP contribution is -2.32. The summed E-state index contributed by atoms with van der Waals surface area (Å²) >= 11 is 0. The minimum absolute atomic E-state index is 0.125. The van der Waals surface area contributed by atoms with Crippen LogP contribution in [0.25, 0.3) is 16.7 Å². The Kier molecular flexibility index (Phi) is 4.68. The second-order valence-corrected chi connectivity index (χ2v) is 9.23. The van der Waals surface area contributed by atoms with Crippen molar-refractivity contribution in [2.45, 2.75) is 32.6 Å². The molecular weight excluding hydrogens is 418 g/mol. The number of nitriles is 1. The Morgan fingerprint density at radius 3 is 2.64 bits per heavy atom. The number of para-hydroxylation sites is 2. The van der Waals surface area contributed by atoms with Crippen molar-refractivity contribution in [3.05, 3.63) is 92.9 Å². The summed E-state index contributed by atoms with van der Waals surface area (Å²) in [4.78, 5) is 27.9. The van der Waals surface area contributed by atoms with Gasteiger partial charge in [-0.25, -0.2) is 0 Å². The molecule has 2 aromatic carbocycles. The summed E-state index contributed by atoms with van der Waals surface area (Å²) in [6, 6.07) is 16.2. The third-order valence-corrected chi connectivity index (χ3v) is 6.33. The number of aromatic amines is 1. The summed E-state index contributed by atoms with van der Waals surface area (Å²) in [6.07, 6.45) is 2.55. The number of aromatic nitrogens is 1. The van der Waals surface area contributed by atoms with Crippen molar-refractivity contribution in [3.8, 4) is 6.07 Å². The zero-order valence-corrected chi connectivity index (χ0v) is 18.2. The van der Waals surface area contributed by atoms with Crippen LogP contribution in [0.2, 0.25) is 0 Å². The lowest BCUT2D eigenvalue weighted by molar-refractivity contribution is -0.385. The number of H-pyrrole nitrogens is 1. The standard InChI is InChI=1S/C26H21N3O4/c1-26(2)11-21(30)24-22(12-26)33-25(18-14-28-19-9-5-3-7-15(18)19)17(13-27)23(24)16-8-4-6-10-20(16)29(31)32/h3-10,14,23,28H,11-12H2,1-2H3. The number of ether oxygens (including phenoxy) is 1. The maximum absolute atomic E-state index is 13.3. The fourth-order valence-corrected chi connectivity index (χ4v) is 4.93. The van der Waals surface area contributed by atoms with E-state index >= 15 is 0 Å². The minimum Gasteiger partial charge on any atom is -0.459 e. The zero-order valence-electron chi connectivity index (χ0n) is 18.2. The Morgan fingerprint density at radius 1 is 1.15 bits per heavy atom. The van der Waals surface area contributed by atoms with Crippen molar-refractivity contribution in [2.75, 3.05) is 0 Å². The lowest BCUT2D eigenvalue weighted by Gasteiger charge is -2.37. The molecule has 1 aromatic heterocycles. The van der Waals surface area contributed by atoms with Gasteiger partial charge in [-0.05, 0) is 11.5 Å². The van der Waals surface area contributed by atoms with Gasteiger partial charge in [0.2, 0.25) is 0 Å². The smallest absolute Gasteiger partial charge is 0.273 e. The van der Waals surface area contributed by atoms with Gasteiger partial charge in [-0.15, -0.1) is 0 Å². The SMILES string of the molecule is CC1(C)CC(=O)C2=C(C1)OC(c1c[nH]c3ccccc13)=C(C#N)C2c1ccccc1[N+](=O)[O-]. The van der Waals surface area contributed by atoms with Gasteiger partial charge in [0.1, 0.15) is 5.76 Å². The first-order valence-corrected chi connectivity index (χ1v) is 10.7. The normalized spacial score (nSPS) is 19.8. The number of nitrogens with zero attached hydrogens (tertiary/aromatic N) is 2. The van der Waals surface area contributed by atoms with Crippen molar-refractivity contribution < 1.29 is 14.5 Å². The lowest BCUT2D eigenvalue weighted by atomic mass is 9.69. The molecule has 2 heterocycles. The predicted octanol–water partition coefficient (Wildman–Crippen LogP) is 5.77. The molecule has 1 aliphatic heterocycles. The monoisotopic (exact) mass is 439 g/mol. The van der Waals surface area contributed by atoms with E-state index in [1.807, 2.05) is 38.1 Å². The van der Waals surface area contributed by atoms with Crippen molar-refractivity contribution >= 4 is 28.1 Å². The average molecular weight is 439 g/mol. The summed E-state index contributed by atoms with van der Waals surface area (Å²) in [7, 11) is 0. The van der Waals surface area contributed by atoms with E-state index in [2.05, 4.69) is 11.1 Å². The number of fused-ring (bicyclic) bond motifs is 1. The molecule has 1 atom stereocenters. The highest BCUT2D eigenvalue weighted by molar-refractivity contribution is 6.02. The first kappa shape index (κ1) is 20.7. The molecule has 0 bridgehead atoms. The molecule has 0 spiro atoms. The van der Waals surface area contributed by atoms with Gasteiger partial charge in [-0.3, -0.25) is 14.9 Å². The molecule has 164 valence electrons. The van der Waals surface area contributed by atoms with E-state index in [4.69, 9.17) is 4.74 Å². The second-order valence-electron chi connectivity index (χ2n) is 9.23. The van der Waals surface area contributed by atoms with Crippen LogP contribution in [0.1, 0.15) is 43.7 Å². The van der Waals surface area contributed by atoms with E-state index in [-0.39, 0.29) is 28.9 Å². The molecule has 0 radical (unpaired) electrons. The highest BCUT2D eigenvalue weighted by Gasteiger charge is 2.45. The van der Waals surface area contributed by atoms with Crippen molar-refractivity contribution in [1.82, 2.24) is 4.98 Å². The number of allylic oxidation sites excluding steroid dienone is 3. The number of Topliss-reactive ketones (excluding diaryl/α,β-unsaturated/α-hetero) is 1. The van der Waals surface area contributed by atoms with Crippen LogP contribution in [0.3, 0.4) is 0 Å². The largest absolute Gasteiger partial charge is 0.459 e. The second kappa shape index (κ2) is 7.45. The van der Waals surface area contributed by atoms with Crippen molar-refractivity contribution in [1.29, 1.82) is 5.26 Å². The minimum atomic E-state index is -0.868. The third-order valence-electron chi connectivity index (χ3n) is 6.33. The van der Waals surface area contributed by atoms with Gasteiger partial charge >= 0.3 is 0 Å². The van der Waals surface area contributed by atoms with Gasteiger partial charge in [-0.1, -0.05) is 50.2 Å². The van der Waals surface area contributed by atoms with Crippen molar-refractivity contribution in [3.63, 3.8) is 0 Å². The predicted molar refractivity (Wildman–Crippen MR) is 123 cm³/mol. The number of rotatable bonds is 3. The Balaban J connectivity index is 1.82. The van der Waals surface area contributed by atoms with E-state index in [9.17, 15) is 20.2 Å². The summed E-state index contributed by atoms with van der Waals surface area (Å²) in [5.74, 6) is -0.191. The number of nitro groups is 1. The van der Waals surface area contributed by atoms with Gasteiger partial charge < -0.3 is 9.72 Å². The van der Waals surface area contributed by atoms with Crippen molar-refractivity contribution in [2.24, 2.45) is 5.41 Å². The van der Waals surface area contributed by atoms with E-state index in [1.54, 1.807) is 24.4 Å². The maximum Gasteiger partial charge on any atom is 0.273 e. The van der Waals surface area contributed by atoms with E-state index in [1.165, 1.54) is 6.07 Å². The molecule has 0 saturated carbocycles. The number of benzene rings is 2. The van der Waals surface area contributed by atoms with Crippen LogP contribution >= 0.6 is 0 Å². The average Bonchev–Trinajstić information content (AvgIpc) is 3.21. The maximum atomic E-state index is 13.3. The molecule has 33 heavy (non-hydrogen) atoms. The van der Waals surface area contributed by atoms with Crippen LogP contribution in [0.4, 0.5) is 5.69 Å². The van der Waals surface area contributed by atoms with E-state index in [0.717, 1.165) is 10.9 Å². The molecule has 5 rings (SSSR count). The zero-order chi connectivity index (χ0) is 23.3. The van der Waals surface area contributed by atoms with Crippen LogP contribution < -0.4 is 0 Å². The number of carbonyl (C=O) groups excluding carboxylic acids is 1. The van der Waals surface area contributed by atoms with Gasteiger partial charge in [0.05, 0.1) is 22.5 Å². The molecule has 1 unspecified atom stereocenters. The fourth-order valence-electron chi connectivity index (χ4n) is 4.93. The topological polar surface area (TPSA) is 109 Å². The number of ketones is 1. The molecule has 1 N–H and O–H groups in total. The molecule has 1 aliphatic carbocycles. The summed E-state index contributed by atoms with van der Waals surface area (Å²) in [5, 5.41) is 23.0. The number of nitro benzene ring substituents is 1. The summed E-state index contributed by atoms with van der Waals surface area (Å²) in [6.45, 7) is 3.99. The Bertz CT molecular complexity index is 1430. The van der Waals surface area contributed by atoms with Crippen LogP contribution in [0, 0.1) is 26.9 Å². The van der Waals surface area contributed by atoms with Crippen LogP contribution in [0.5, 0.6) is 0 Å². The van der Waals surface area contributed by atoms with Gasteiger partial charge in [0.25, 0.3) is 5.69 Å². The number of hydrogen-bond donors (Lipinski definition) is 1. The third kappa shape index (κ3) is 3.31. The van der Waals surface area contributed by atoms with Gasteiger partial charge in [0, 0.05) is 52.7 Å². The van der Waals surface area contributed by atoms with E-state index in [0.29, 0.717) is 34.6 Å². The Labute approximate surface area is 190 Å². The number of nitrogens with one attached hydrogen (secondary N) is 1. The molecule has 7 nitrogen and oxygen atoms in total. The summed E-state index contributed by atoms with van der Waals surface area (Å²) in [5.41, 5.74) is 1.99. The molecule has 3 aromatic rings. The fraction of sp³-hybridized carbons (Fsp3) is 0.231. The van der Waals surface area contributed by atoms with Crippen LogP contribution in [-0.4, -0.2) is 15.7 Å². The Hall–Kier alpha value is -4.18. The molecule has 0 fully saturated rings. The van der Waals surface area contributed by atoms with Crippen LogP contribution in [-0.2, 0) is 9.53 Å². The van der Waals surface area contributed by atoms with Crippen LogP contribution in [0.15, 0.2) is 71.6 Å². The number of carbonyl (C=O) groups is 1. The first-order chi connectivity index (χ1) is 15.8.